The topological polar surface area (TPSA) is 79.6 Å². The molecule has 128 valence electrons. The Kier molecular flexibility index (Phi) is 5.45. The minimum Gasteiger partial charge on any atom is -0.465 e. The molecule has 0 aliphatic carbocycles. The lowest BCUT2D eigenvalue weighted by Crippen LogP contribution is -2.44. The highest BCUT2D eigenvalue weighted by molar-refractivity contribution is 5.89. The fourth-order valence-corrected chi connectivity index (χ4v) is 2.73. The number of urea groups is 1. The zero-order valence-corrected chi connectivity index (χ0v) is 13.7. The SMILES string of the molecule is Cc1ccc(C(CNC(=O)Nc2ccncc2)N2CCOCC2)o1. The molecule has 0 radical (unpaired) electrons. The molecule has 0 bridgehead atoms. The molecule has 3 heterocycles. The number of pyridine rings is 1. The molecule has 2 aromatic rings. The van der Waals surface area contributed by atoms with Gasteiger partial charge in [-0.15, -0.1) is 0 Å². The number of nitrogens with zero attached hydrogens (tertiary/aromatic N) is 2. The first-order valence-corrected chi connectivity index (χ1v) is 8.05. The van der Waals surface area contributed by atoms with Crippen LogP contribution in [0.4, 0.5) is 10.5 Å². The van der Waals surface area contributed by atoms with Gasteiger partial charge in [0.25, 0.3) is 0 Å². The van der Waals surface area contributed by atoms with E-state index >= 15 is 0 Å². The van der Waals surface area contributed by atoms with Crippen LogP contribution in [0.5, 0.6) is 0 Å². The van der Waals surface area contributed by atoms with E-state index in [1.807, 2.05) is 19.1 Å². The van der Waals surface area contributed by atoms with Gasteiger partial charge in [-0.2, -0.15) is 0 Å². The Labute approximate surface area is 141 Å². The number of hydrogen-bond acceptors (Lipinski definition) is 5. The fourth-order valence-electron chi connectivity index (χ4n) is 2.73. The third-order valence-electron chi connectivity index (χ3n) is 3.97. The molecule has 3 rings (SSSR count). The number of nitrogens with one attached hydrogen (secondary N) is 2. The van der Waals surface area contributed by atoms with Crippen LogP contribution in [0, 0.1) is 6.92 Å². The Morgan fingerprint density at radius 3 is 2.67 bits per heavy atom. The summed E-state index contributed by atoms with van der Waals surface area (Å²) in [6.45, 7) is 5.41. The number of rotatable bonds is 5. The van der Waals surface area contributed by atoms with Crippen molar-refractivity contribution in [1.82, 2.24) is 15.2 Å². The van der Waals surface area contributed by atoms with Gasteiger partial charge < -0.3 is 19.8 Å². The van der Waals surface area contributed by atoms with Gasteiger partial charge in [-0.3, -0.25) is 9.88 Å². The van der Waals surface area contributed by atoms with E-state index in [1.165, 1.54) is 0 Å². The van der Waals surface area contributed by atoms with E-state index in [2.05, 4.69) is 20.5 Å². The third-order valence-corrected chi connectivity index (χ3v) is 3.97. The average Bonchev–Trinajstić information content (AvgIpc) is 3.03. The maximum absolute atomic E-state index is 12.1. The molecule has 0 saturated carbocycles. The lowest BCUT2D eigenvalue weighted by atomic mass is 10.1. The number of ether oxygens (including phenoxy) is 1. The Hall–Kier alpha value is -2.38. The van der Waals surface area contributed by atoms with Crippen molar-refractivity contribution in [3.05, 3.63) is 48.2 Å². The van der Waals surface area contributed by atoms with Gasteiger partial charge in [-0.05, 0) is 31.2 Å². The molecule has 1 unspecified atom stereocenters. The van der Waals surface area contributed by atoms with Crippen LogP contribution in [0.1, 0.15) is 17.6 Å². The molecule has 1 atom stereocenters. The van der Waals surface area contributed by atoms with Gasteiger partial charge in [0.05, 0.1) is 19.3 Å². The quantitative estimate of drug-likeness (QED) is 0.878. The van der Waals surface area contributed by atoms with Crippen LogP contribution in [0.25, 0.3) is 0 Å². The van der Waals surface area contributed by atoms with Crippen molar-refractivity contribution in [3.8, 4) is 0 Å². The largest absolute Gasteiger partial charge is 0.465 e. The summed E-state index contributed by atoms with van der Waals surface area (Å²) in [5.41, 5.74) is 0.708. The summed E-state index contributed by atoms with van der Waals surface area (Å²) >= 11 is 0. The molecule has 7 heteroatoms. The monoisotopic (exact) mass is 330 g/mol. The van der Waals surface area contributed by atoms with Crippen molar-refractivity contribution in [2.24, 2.45) is 0 Å². The number of aryl methyl sites for hydroxylation is 1. The summed E-state index contributed by atoms with van der Waals surface area (Å²) in [4.78, 5) is 18.3. The molecule has 1 aliphatic rings. The minimum atomic E-state index is -0.247. The summed E-state index contributed by atoms with van der Waals surface area (Å²) in [7, 11) is 0. The molecule has 0 spiro atoms. The molecule has 2 aromatic heterocycles. The molecular formula is C17H22N4O3. The van der Waals surface area contributed by atoms with Crippen molar-refractivity contribution in [1.29, 1.82) is 0 Å². The van der Waals surface area contributed by atoms with Crippen molar-refractivity contribution < 1.29 is 13.9 Å². The van der Waals surface area contributed by atoms with Crippen LogP contribution in [-0.2, 0) is 4.74 Å². The average molecular weight is 330 g/mol. The lowest BCUT2D eigenvalue weighted by Gasteiger charge is -2.33. The summed E-state index contributed by atoms with van der Waals surface area (Å²) in [5.74, 6) is 1.73. The van der Waals surface area contributed by atoms with E-state index in [9.17, 15) is 4.79 Å². The fraction of sp³-hybridized carbons (Fsp3) is 0.412. The van der Waals surface area contributed by atoms with E-state index in [0.29, 0.717) is 25.4 Å². The number of carbonyl (C=O) groups excluding carboxylic acids is 1. The molecular weight excluding hydrogens is 308 g/mol. The standard InChI is InChI=1S/C17H22N4O3/c1-13-2-3-16(24-13)15(21-8-10-23-11-9-21)12-19-17(22)20-14-4-6-18-7-5-14/h2-7,15H,8-12H2,1H3,(H2,18,19,20,22). The Balaban J connectivity index is 1.62. The maximum Gasteiger partial charge on any atom is 0.319 e. The second-order valence-corrected chi connectivity index (χ2v) is 5.68. The molecule has 2 amide bonds. The first-order valence-electron chi connectivity index (χ1n) is 8.05. The summed E-state index contributed by atoms with van der Waals surface area (Å²) in [6, 6.07) is 7.15. The van der Waals surface area contributed by atoms with Crippen LogP contribution >= 0.6 is 0 Å². The predicted octanol–water partition coefficient (Wildman–Crippen LogP) is 2.18. The normalized spacial score (nSPS) is 16.5. The minimum absolute atomic E-state index is 0.00853. The van der Waals surface area contributed by atoms with Gasteiger partial charge in [-0.25, -0.2) is 4.79 Å². The molecule has 2 N–H and O–H groups in total. The number of morpholine rings is 1. The Morgan fingerprint density at radius 1 is 1.25 bits per heavy atom. The van der Waals surface area contributed by atoms with E-state index < -0.39 is 0 Å². The van der Waals surface area contributed by atoms with Crippen LogP contribution in [0.15, 0.2) is 41.1 Å². The number of hydrogen-bond donors (Lipinski definition) is 2. The molecule has 0 aromatic carbocycles. The van der Waals surface area contributed by atoms with Crippen molar-refractivity contribution >= 4 is 11.7 Å². The Morgan fingerprint density at radius 2 is 2.00 bits per heavy atom. The van der Waals surface area contributed by atoms with Crippen molar-refractivity contribution in [2.45, 2.75) is 13.0 Å². The first kappa shape index (κ1) is 16.5. The highest BCUT2D eigenvalue weighted by Gasteiger charge is 2.25. The summed E-state index contributed by atoms with van der Waals surface area (Å²) in [5, 5.41) is 5.72. The van der Waals surface area contributed by atoms with Gasteiger partial charge in [0.15, 0.2) is 0 Å². The second kappa shape index (κ2) is 7.94. The second-order valence-electron chi connectivity index (χ2n) is 5.68. The number of anilines is 1. The smallest absolute Gasteiger partial charge is 0.319 e. The highest BCUT2D eigenvalue weighted by Crippen LogP contribution is 2.23. The van der Waals surface area contributed by atoms with E-state index in [1.54, 1.807) is 24.5 Å². The lowest BCUT2D eigenvalue weighted by molar-refractivity contribution is 0.0122. The van der Waals surface area contributed by atoms with E-state index in [-0.39, 0.29) is 12.1 Å². The van der Waals surface area contributed by atoms with Crippen molar-refractivity contribution in [3.63, 3.8) is 0 Å². The first-order chi connectivity index (χ1) is 11.7. The molecule has 1 aliphatic heterocycles. The van der Waals surface area contributed by atoms with Crippen LogP contribution < -0.4 is 10.6 Å². The Bertz CT molecular complexity index is 653. The number of carbonyl (C=O) groups is 1. The molecule has 7 nitrogen and oxygen atoms in total. The van der Waals surface area contributed by atoms with Crippen molar-refractivity contribution in [2.75, 3.05) is 38.2 Å². The summed E-state index contributed by atoms with van der Waals surface area (Å²) < 4.78 is 11.2. The van der Waals surface area contributed by atoms with Crippen LogP contribution in [-0.4, -0.2) is 48.8 Å². The number of amides is 2. The predicted molar refractivity (Wildman–Crippen MR) is 89.8 cm³/mol. The zero-order valence-electron chi connectivity index (χ0n) is 13.7. The van der Waals surface area contributed by atoms with Gasteiger partial charge in [-0.1, -0.05) is 0 Å². The van der Waals surface area contributed by atoms with Crippen LogP contribution in [0.3, 0.4) is 0 Å². The zero-order chi connectivity index (χ0) is 16.8. The van der Waals surface area contributed by atoms with E-state index in [0.717, 1.165) is 24.6 Å². The van der Waals surface area contributed by atoms with Gasteiger partial charge in [0.1, 0.15) is 11.5 Å². The summed E-state index contributed by atoms with van der Waals surface area (Å²) in [6.07, 6.45) is 3.27. The third kappa shape index (κ3) is 4.33. The number of furan rings is 1. The van der Waals surface area contributed by atoms with Crippen LogP contribution in [0.2, 0.25) is 0 Å². The molecule has 24 heavy (non-hydrogen) atoms. The van der Waals surface area contributed by atoms with E-state index in [4.69, 9.17) is 9.15 Å². The molecule has 1 fully saturated rings. The number of aromatic nitrogens is 1. The highest BCUT2D eigenvalue weighted by atomic mass is 16.5. The van der Waals surface area contributed by atoms with Gasteiger partial charge in [0, 0.05) is 37.7 Å². The van der Waals surface area contributed by atoms with Gasteiger partial charge in [0.2, 0.25) is 0 Å². The van der Waals surface area contributed by atoms with Gasteiger partial charge >= 0.3 is 6.03 Å². The maximum atomic E-state index is 12.1. The molecule has 1 saturated heterocycles.